The fraction of sp³-hybridized carbons (Fsp3) is 0.462. The summed E-state index contributed by atoms with van der Waals surface area (Å²) in [4.78, 5) is 30.4. The number of rotatable bonds is 4. The molecule has 1 N–H and O–H groups in total. The fourth-order valence-corrected chi connectivity index (χ4v) is 2.24. The topological polar surface area (TPSA) is 73.7 Å². The average molecular weight is 263 g/mol. The van der Waals surface area contributed by atoms with E-state index in [1.165, 1.54) is 12.4 Å². The fourth-order valence-electron chi connectivity index (χ4n) is 2.24. The van der Waals surface area contributed by atoms with Crippen molar-refractivity contribution in [2.24, 2.45) is 0 Å². The van der Waals surface area contributed by atoms with Crippen molar-refractivity contribution >= 4 is 17.6 Å². The van der Waals surface area contributed by atoms with Crippen LogP contribution in [0.2, 0.25) is 0 Å². The van der Waals surface area contributed by atoms with Crippen LogP contribution in [0.5, 0.6) is 0 Å². The molecule has 2 rings (SSSR count). The Balaban J connectivity index is 2.09. The van der Waals surface area contributed by atoms with Gasteiger partial charge in [-0.1, -0.05) is 0 Å². The van der Waals surface area contributed by atoms with Gasteiger partial charge in [-0.05, 0) is 18.9 Å². The van der Waals surface area contributed by atoms with Gasteiger partial charge < -0.3 is 14.9 Å². The second-order valence-corrected chi connectivity index (χ2v) is 4.64. The summed E-state index contributed by atoms with van der Waals surface area (Å²) in [6, 6.07) is 1.61. The number of carbonyl (C=O) groups is 2. The van der Waals surface area contributed by atoms with E-state index in [0.29, 0.717) is 5.69 Å². The summed E-state index contributed by atoms with van der Waals surface area (Å²) < 4.78 is 0. The summed E-state index contributed by atoms with van der Waals surface area (Å²) in [6.45, 7) is 1.79. The first-order valence-corrected chi connectivity index (χ1v) is 6.26. The quantitative estimate of drug-likeness (QED) is 0.871. The zero-order valence-corrected chi connectivity index (χ0v) is 10.9. The number of carbonyl (C=O) groups excluding carboxylic acids is 1. The van der Waals surface area contributed by atoms with E-state index in [2.05, 4.69) is 4.98 Å². The van der Waals surface area contributed by atoms with Gasteiger partial charge in [-0.2, -0.15) is 0 Å². The molecular weight excluding hydrogens is 246 g/mol. The van der Waals surface area contributed by atoms with Gasteiger partial charge in [0.15, 0.2) is 0 Å². The molecule has 0 spiro atoms. The van der Waals surface area contributed by atoms with Crippen LogP contribution in [-0.4, -0.2) is 53.5 Å². The summed E-state index contributed by atoms with van der Waals surface area (Å²) in [6.07, 6.45) is 4.92. The Labute approximate surface area is 111 Å². The SMILES string of the molecule is CN(CC(=O)N1CCCC1)c1ccncc1C(=O)O. The van der Waals surface area contributed by atoms with Crippen LogP contribution in [0.25, 0.3) is 0 Å². The van der Waals surface area contributed by atoms with Crippen LogP contribution in [0.15, 0.2) is 18.5 Å². The number of carboxylic acid groups (broad SMARTS) is 1. The largest absolute Gasteiger partial charge is 0.478 e. The van der Waals surface area contributed by atoms with E-state index < -0.39 is 5.97 Å². The normalized spacial score (nSPS) is 14.5. The molecule has 6 heteroatoms. The van der Waals surface area contributed by atoms with E-state index in [9.17, 15) is 9.59 Å². The maximum atomic E-state index is 12.0. The zero-order chi connectivity index (χ0) is 13.8. The first-order valence-electron chi connectivity index (χ1n) is 6.26. The second-order valence-electron chi connectivity index (χ2n) is 4.64. The van der Waals surface area contributed by atoms with E-state index in [0.717, 1.165) is 25.9 Å². The molecule has 0 bridgehead atoms. The van der Waals surface area contributed by atoms with Crippen LogP contribution in [0, 0.1) is 0 Å². The molecule has 0 unspecified atom stereocenters. The third-order valence-corrected chi connectivity index (χ3v) is 3.27. The van der Waals surface area contributed by atoms with Gasteiger partial charge in [0.05, 0.1) is 12.2 Å². The Hall–Kier alpha value is -2.11. The minimum Gasteiger partial charge on any atom is -0.478 e. The molecule has 19 heavy (non-hydrogen) atoms. The first-order chi connectivity index (χ1) is 9.09. The van der Waals surface area contributed by atoms with Gasteiger partial charge >= 0.3 is 5.97 Å². The maximum Gasteiger partial charge on any atom is 0.339 e. The van der Waals surface area contributed by atoms with E-state index in [4.69, 9.17) is 5.11 Å². The molecule has 102 valence electrons. The number of likely N-dealkylation sites (tertiary alicyclic amines) is 1. The number of aromatic nitrogens is 1. The Bertz CT molecular complexity index is 484. The van der Waals surface area contributed by atoms with Crippen LogP contribution < -0.4 is 4.90 Å². The van der Waals surface area contributed by atoms with Gasteiger partial charge in [-0.25, -0.2) is 4.79 Å². The lowest BCUT2D eigenvalue weighted by Crippen LogP contribution is -2.37. The smallest absolute Gasteiger partial charge is 0.339 e. The molecular formula is C13H17N3O3. The highest BCUT2D eigenvalue weighted by Crippen LogP contribution is 2.18. The number of hydrogen-bond acceptors (Lipinski definition) is 4. The van der Waals surface area contributed by atoms with E-state index in [1.807, 2.05) is 4.90 Å². The van der Waals surface area contributed by atoms with Crippen molar-refractivity contribution in [1.82, 2.24) is 9.88 Å². The Kier molecular flexibility index (Phi) is 3.99. The Morgan fingerprint density at radius 2 is 2.11 bits per heavy atom. The lowest BCUT2D eigenvalue weighted by molar-refractivity contribution is -0.128. The molecule has 1 aromatic rings. The molecule has 1 aliphatic heterocycles. The van der Waals surface area contributed by atoms with Crippen LogP contribution in [0.1, 0.15) is 23.2 Å². The highest BCUT2D eigenvalue weighted by Gasteiger charge is 2.21. The van der Waals surface area contributed by atoms with Crippen molar-refractivity contribution < 1.29 is 14.7 Å². The molecule has 0 saturated carbocycles. The Morgan fingerprint density at radius 1 is 1.42 bits per heavy atom. The van der Waals surface area contributed by atoms with Crippen molar-refractivity contribution in [2.75, 3.05) is 31.6 Å². The summed E-state index contributed by atoms with van der Waals surface area (Å²) in [5, 5.41) is 9.10. The van der Waals surface area contributed by atoms with Gasteiger partial charge in [0.2, 0.25) is 5.91 Å². The van der Waals surface area contributed by atoms with Crippen LogP contribution in [-0.2, 0) is 4.79 Å². The summed E-state index contributed by atoms with van der Waals surface area (Å²) in [5.41, 5.74) is 0.620. The van der Waals surface area contributed by atoms with Gasteiger partial charge in [0, 0.05) is 32.5 Å². The molecule has 1 fully saturated rings. The molecule has 1 saturated heterocycles. The summed E-state index contributed by atoms with van der Waals surface area (Å²) in [5.74, 6) is -1.00. The second kappa shape index (κ2) is 5.69. The summed E-state index contributed by atoms with van der Waals surface area (Å²) in [7, 11) is 1.72. The standard InChI is InChI=1S/C13H17N3O3/c1-15(9-12(17)16-6-2-3-7-16)11-4-5-14-8-10(11)13(18)19/h4-5,8H,2-3,6-7,9H2,1H3,(H,18,19). The van der Waals surface area contributed by atoms with Crippen LogP contribution in [0.4, 0.5) is 5.69 Å². The predicted molar refractivity (Wildman–Crippen MR) is 70.3 cm³/mol. The Morgan fingerprint density at radius 3 is 2.74 bits per heavy atom. The number of likely N-dealkylation sites (N-methyl/N-ethyl adjacent to an activating group) is 1. The van der Waals surface area contributed by atoms with Gasteiger partial charge in [0.25, 0.3) is 0 Å². The molecule has 1 aromatic heterocycles. The minimum absolute atomic E-state index is 0.0353. The molecule has 6 nitrogen and oxygen atoms in total. The number of hydrogen-bond donors (Lipinski definition) is 1. The van der Waals surface area contributed by atoms with Crippen molar-refractivity contribution in [3.05, 3.63) is 24.0 Å². The van der Waals surface area contributed by atoms with Gasteiger partial charge in [0.1, 0.15) is 5.56 Å². The molecule has 0 radical (unpaired) electrons. The van der Waals surface area contributed by atoms with Gasteiger partial charge in [-0.15, -0.1) is 0 Å². The number of aromatic carboxylic acids is 1. The lowest BCUT2D eigenvalue weighted by Gasteiger charge is -2.23. The van der Waals surface area contributed by atoms with Crippen molar-refractivity contribution in [2.45, 2.75) is 12.8 Å². The molecule has 0 aromatic carbocycles. The monoisotopic (exact) mass is 263 g/mol. The van der Waals surface area contributed by atoms with Crippen molar-refractivity contribution in [3.8, 4) is 0 Å². The van der Waals surface area contributed by atoms with E-state index in [1.54, 1.807) is 18.0 Å². The van der Waals surface area contributed by atoms with E-state index in [-0.39, 0.29) is 18.0 Å². The number of carboxylic acids is 1. The molecule has 0 atom stereocenters. The predicted octanol–water partition coefficient (Wildman–Crippen LogP) is 0.838. The minimum atomic E-state index is -1.04. The lowest BCUT2D eigenvalue weighted by atomic mass is 10.2. The number of pyridine rings is 1. The van der Waals surface area contributed by atoms with E-state index >= 15 is 0 Å². The summed E-state index contributed by atoms with van der Waals surface area (Å²) >= 11 is 0. The van der Waals surface area contributed by atoms with Gasteiger partial charge in [-0.3, -0.25) is 9.78 Å². The molecule has 1 amide bonds. The zero-order valence-electron chi connectivity index (χ0n) is 10.9. The maximum absolute atomic E-state index is 12.0. The highest BCUT2D eigenvalue weighted by atomic mass is 16.4. The number of nitrogens with zero attached hydrogens (tertiary/aromatic N) is 3. The highest BCUT2D eigenvalue weighted by molar-refractivity contribution is 5.95. The van der Waals surface area contributed by atoms with Crippen LogP contribution >= 0.6 is 0 Å². The van der Waals surface area contributed by atoms with Crippen molar-refractivity contribution in [1.29, 1.82) is 0 Å². The third-order valence-electron chi connectivity index (χ3n) is 3.27. The molecule has 0 aliphatic carbocycles. The first kappa shape index (κ1) is 13.3. The number of anilines is 1. The molecule has 2 heterocycles. The molecule has 1 aliphatic rings. The van der Waals surface area contributed by atoms with Crippen LogP contribution in [0.3, 0.4) is 0 Å². The third kappa shape index (κ3) is 3.01. The average Bonchev–Trinajstić information content (AvgIpc) is 2.92. The number of amides is 1. The van der Waals surface area contributed by atoms with Crippen molar-refractivity contribution in [3.63, 3.8) is 0 Å².